The van der Waals surface area contributed by atoms with Gasteiger partial charge in [0.2, 0.25) is 5.78 Å². The summed E-state index contributed by atoms with van der Waals surface area (Å²) < 4.78 is 0. The number of hydrogen-bond acceptors (Lipinski definition) is 2. The lowest BCUT2D eigenvalue weighted by atomic mass is 10.1. The second-order valence-corrected chi connectivity index (χ2v) is 3.70. The van der Waals surface area contributed by atoms with Crippen molar-refractivity contribution in [2.24, 2.45) is 0 Å². The van der Waals surface area contributed by atoms with E-state index in [4.69, 9.17) is 0 Å². The Labute approximate surface area is 89.7 Å². The summed E-state index contributed by atoms with van der Waals surface area (Å²) in [4.78, 5) is 24.8. The fourth-order valence-corrected chi connectivity index (χ4v) is 1.11. The maximum absolute atomic E-state index is 11.7. The van der Waals surface area contributed by atoms with Crippen LogP contribution in [0.2, 0.25) is 0 Å². The van der Waals surface area contributed by atoms with Crippen LogP contribution >= 0.6 is 0 Å². The summed E-state index contributed by atoms with van der Waals surface area (Å²) >= 11 is 0. The molecule has 0 aromatic heterocycles. The molecule has 0 aliphatic rings. The predicted molar refractivity (Wildman–Crippen MR) is 58.7 cm³/mol. The second-order valence-electron chi connectivity index (χ2n) is 3.70. The van der Waals surface area contributed by atoms with Crippen LogP contribution in [-0.2, 0) is 4.79 Å². The number of carbonyl (C=O) groups excluding carboxylic acids is 2. The molecule has 80 valence electrons. The molecule has 1 aromatic carbocycles. The first-order valence-corrected chi connectivity index (χ1v) is 4.90. The molecule has 0 saturated carbocycles. The highest BCUT2D eigenvalue weighted by molar-refractivity contribution is 6.42. The lowest BCUT2D eigenvalue weighted by molar-refractivity contribution is -0.126. The Balaban J connectivity index is 2.83. The van der Waals surface area contributed by atoms with Gasteiger partial charge in [-0.3, -0.25) is 9.59 Å². The number of benzene rings is 1. The van der Waals surface area contributed by atoms with Gasteiger partial charge < -0.3 is 4.90 Å². The van der Waals surface area contributed by atoms with Crippen LogP contribution in [0.15, 0.2) is 30.3 Å². The summed E-state index contributed by atoms with van der Waals surface area (Å²) in [5.41, 5.74) is 0.440. The number of amides is 1. The number of Topliss-reactive ketones (excluding diaryl/α,β-unsaturated/α-hetero) is 1. The van der Waals surface area contributed by atoms with Gasteiger partial charge in [-0.1, -0.05) is 30.3 Å². The maximum Gasteiger partial charge on any atom is 0.294 e. The van der Waals surface area contributed by atoms with Crippen molar-refractivity contribution < 1.29 is 9.59 Å². The monoisotopic (exact) mass is 205 g/mol. The molecular weight excluding hydrogens is 190 g/mol. The molecule has 1 aromatic rings. The third-order valence-corrected chi connectivity index (χ3v) is 2.33. The fraction of sp³-hybridized carbons (Fsp3) is 0.333. The van der Waals surface area contributed by atoms with E-state index in [-0.39, 0.29) is 6.04 Å². The number of hydrogen-bond donors (Lipinski definition) is 0. The maximum atomic E-state index is 11.7. The molecule has 0 aliphatic heterocycles. The lowest BCUT2D eigenvalue weighted by Crippen LogP contribution is -2.38. The predicted octanol–water partition coefficient (Wildman–Crippen LogP) is 1.74. The molecular formula is C12H15NO2. The Morgan fingerprint density at radius 2 is 1.67 bits per heavy atom. The summed E-state index contributed by atoms with van der Waals surface area (Å²) in [6.07, 6.45) is 0. The molecule has 0 bridgehead atoms. The van der Waals surface area contributed by atoms with Gasteiger partial charge in [0.15, 0.2) is 0 Å². The summed E-state index contributed by atoms with van der Waals surface area (Å²) in [5.74, 6) is -0.914. The van der Waals surface area contributed by atoms with Gasteiger partial charge in [-0.2, -0.15) is 0 Å². The molecule has 3 nitrogen and oxygen atoms in total. The lowest BCUT2D eigenvalue weighted by Gasteiger charge is -2.20. The van der Waals surface area contributed by atoms with Crippen LogP contribution in [-0.4, -0.2) is 29.7 Å². The van der Waals surface area contributed by atoms with Crippen LogP contribution in [0.25, 0.3) is 0 Å². The van der Waals surface area contributed by atoms with Crippen molar-refractivity contribution in [1.29, 1.82) is 0 Å². The van der Waals surface area contributed by atoms with E-state index in [1.807, 2.05) is 19.9 Å². The molecule has 1 amide bonds. The van der Waals surface area contributed by atoms with E-state index in [2.05, 4.69) is 0 Å². The standard InChI is InChI=1S/C12H15NO2/c1-9(2)13(3)12(15)11(14)10-7-5-4-6-8-10/h4-9H,1-3H3. The average molecular weight is 205 g/mol. The quantitative estimate of drug-likeness (QED) is 0.556. The van der Waals surface area contributed by atoms with Crippen molar-refractivity contribution in [3.8, 4) is 0 Å². The summed E-state index contributed by atoms with van der Waals surface area (Å²) in [6.45, 7) is 3.74. The highest BCUT2D eigenvalue weighted by atomic mass is 16.2. The van der Waals surface area contributed by atoms with E-state index >= 15 is 0 Å². The molecule has 0 spiro atoms. The van der Waals surface area contributed by atoms with Crippen LogP contribution in [0.1, 0.15) is 24.2 Å². The second kappa shape index (κ2) is 4.73. The highest BCUT2D eigenvalue weighted by Gasteiger charge is 2.21. The number of nitrogens with zero attached hydrogens (tertiary/aromatic N) is 1. The number of rotatable bonds is 3. The van der Waals surface area contributed by atoms with Crippen molar-refractivity contribution in [2.75, 3.05) is 7.05 Å². The van der Waals surface area contributed by atoms with Crippen molar-refractivity contribution in [3.63, 3.8) is 0 Å². The smallest absolute Gasteiger partial charge is 0.294 e. The SMILES string of the molecule is CC(C)N(C)C(=O)C(=O)c1ccccc1. The van der Waals surface area contributed by atoms with Gasteiger partial charge in [0.25, 0.3) is 5.91 Å². The van der Waals surface area contributed by atoms with Crippen molar-refractivity contribution in [3.05, 3.63) is 35.9 Å². The number of carbonyl (C=O) groups is 2. The topological polar surface area (TPSA) is 37.4 Å². The van der Waals surface area contributed by atoms with Gasteiger partial charge in [0.1, 0.15) is 0 Å². The molecule has 0 unspecified atom stereocenters. The first-order valence-electron chi connectivity index (χ1n) is 4.90. The van der Waals surface area contributed by atoms with Crippen LogP contribution < -0.4 is 0 Å². The Morgan fingerprint density at radius 1 is 1.13 bits per heavy atom. The summed E-state index contributed by atoms with van der Waals surface area (Å²) in [7, 11) is 1.63. The van der Waals surface area contributed by atoms with E-state index in [9.17, 15) is 9.59 Å². The molecule has 0 heterocycles. The molecule has 15 heavy (non-hydrogen) atoms. The number of likely N-dealkylation sites (N-methyl/N-ethyl adjacent to an activating group) is 1. The van der Waals surface area contributed by atoms with E-state index in [0.29, 0.717) is 5.56 Å². The molecule has 0 atom stereocenters. The fourth-order valence-electron chi connectivity index (χ4n) is 1.11. The van der Waals surface area contributed by atoms with Gasteiger partial charge in [-0.25, -0.2) is 0 Å². The molecule has 0 saturated heterocycles. The zero-order valence-corrected chi connectivity index (χ0v) is 9.23. The third kappa shape index (κ3) is 2.65. The van der Waals surface area contributed by atoms with Crippen LogP contribution in [0, 0.1) is 0 Å². The molecule has 0 N–H and O–H groups in total. The minimum atomic E-state index is -0.462. The Kier molecular flexibility index (Phi) is 3.61. The first kappa shape index (κ1) is 11.4. The molecule has 3 heteroatoms. The first-order chi connectivity index (χ1) is 7.04. The van der Waals surface area contributed by atoms with Gasteiger partial charge in [0, 0.05) is 18.7 Å². The third-order valence-electron chi connectivity index (χ3n) is 2.33. The van der Waals surface area contributed by atoms with Crippen LogP contribution in [0.4, 0.5) is 0 Å². The molecule has 0 radical (unpaired) electrons. The van der Waals surface area contributed by atoms with Crippen molar-refractivity contribution in [1.82, 2.24) is 4.90 Å². The highest BCUT2D eigenvalue weighted by Crippen LogP contribution is 2.04. The molecule has 0 aliphatic carbocycles. The van der Waals surface area contributed by atoms with Gasteiger partial charge in [-0.15, -0.1) is 0 Å². The molecule has 0 fully saturated rings. The Morgan fingerprint density at radius 3 is 2.13 bits per heavy atom. The zero-order valence-electron chi connectivity index (χ0n) is 9.23. The minimum Gasteiger partial charge on any atom is -0.336 e. The van der Waals surface area contributed by atoms with Gasteiger partial charge in [0.05, 0.1) is 0 Å². The van der Waals surface area contributed by atoms with E-state index in [0.717, 1.165) is 0 Å². The number of ketones is 1. The van der Waals surface area contributed by atoms with Crippen LogP contribution in [0.5, 0.6) is 0 Å². The minimum absolute atomic E-state index is 0.0326. The van der Waals surface area contributed by atoms with Gasteiger partial charge in [-0.05, 0) is 13.8 Å². The summed E-state index contributed by atoms with van der Waals surface area (Å²) in [5, 5.41) is 0. The van der Waals surface area contributed by atoms with Crippen LogP contribution in [0.3, 0.4) is 0 Å². The average Bonchev–Trinajstić information content (AvgIpc) is 2.27. The van der Waals surface area contributed by atoms with E-state index < -0.39 is 11.7 Å². The van der Waals surface area contributed by atoms with Crippen molar-refractivity contribution >= 4 is 11.7 Å². The normalized spacial score (nSPS) is 10.1. The van der Waals surface area contributed by atoms with Crippen molar-refractivity contribution in [2.45, 2.75) is 19.9 Å². The van der Waals surface area contributed by atoms with E-state index in [1.54, 1.807) is 31.3 Å². The van der Waals surface area contributed by atoms with E-state index in [1.165, 1.54) is 4.90 Å². The largest absolute Gasteiger partial charge is 0.336 e. The Hall–Kier alpha value is -1.64. The zero-order chi connectivity index (χ0) is 11.4. The molecule has 1 rings (SSSR count). The Bertz CT molecular complexity index is 357. The van der Waals surface area contributed by atoms with Gasteiger partial charge >= 0.3 is 0 Å². The summed E-state index contributed by atoms with van der Waals surface area (Å²) in [6, 6.07) is 8.63.